The summed E-state index contributed by atoms with van der Waals surface area (Å²) in [5.41, 5.74) is 1.00. The van der Waals surface area contributed by atoms with Gasteiger partial charge in [0.05, 0.1) is 16.6 Å². The Bertz CT molecular complexity index is 897. The number of rotatable bonds is 10. The predicted molar refractivity (Wildman–Crippen MR) is 128 cm³/mol. The Morgan fingerprint density at radius 1 is 1.15 bits per heavy atom. The fourth-order valence-electron chi connectivity index (χ4n) is 6.00. The van der Waals surface area contributed by atoms with Crippen LogP contribution in [0.1, 0.15) is 51.5 Å². The van der Waals surface area contributed by atoms with E-state index in [4.69, 9.17) is 0 Å². The Kier molecular flexibility index (Phi) is 7.05. The quantitative estimate of drug-likeness (QED) is 0.452. The molecule has 1 aromatic carbocycles. The second-order valence-electron chi connectivity index (χ2n) is 9.68. The maximum atomic E-state index is 13.8. The number of carbonyl (C=O) groups excluding carboxylic acids is 3. The van der Waals surface area contributed by atoms with Crippen molar-refractivity contribution in [1.29, 1.82) is 0 Å². The zero-order valence-corrected chi connectivity index (χ0v) is 20.3. The fraction of sp³-hybridized carbons (Fsp3) is 0.640. The second-order valence-corrected chi connectivity index (χ2v) is 11.6. The molecule has 2 bridgehead atoms. The molecule has 180 valence electrons. The van der Waals surface area contributed by atoms with Crippen LogP contribution >= 0.6 is 11.8 Å². The number of unbranched alkanes of at least 4 members (excludes halogenated alkanes) is 1. The largest absolute Gasteiger partial charge is 0.396 e. The monoisotopic (exact) mass is 473 g/mol. The van der Waals surface area contributed by atoms with Gasteiger partial charge in [-0.05, 0) is 44.6 Å². The molecular weight excluding hydrogens is 438 g/mol. The van der Waals surface area contributed by atoms with Crippen LogP contribution in [0.5, 0.6) is 0 Å². The minimum atomic E-state index is -0.604. The Balaban J connectivity index is 1.63. The minimum Gasteiger partial charge on any atom is -0.396 e. The van der Waals surface area contributed by atoms with Gasteiger partial charge in [0.1, 0.15) is 6.04 Å². The van der Waals surface area contributed by atoms with E-state index in [-0.39, 0.29) is 29.1 Å². The van der Waals surface area contributed by atoms with Crippen LogP contribution in [0.15, 0.2) is 30.3 Å². The Labute approximate surface area is 200 Å². The van der Waals surface area contributed by atoms with E-state index >= 15 is 0 Å². The first kappa shape index (κ1) is 24.1. The van der Waals surface area contributed by atoms with Crippen LogP contribution in [0.25, 0.3) is 0 Å². The molecule has 5 atom stereocenters. The number of hydrogen-bond donors (Lipinski definition) is 3. The van der Waals surface area contributed by atoms with E-state index in [0.717, 1.165) is 24.8 Å². The van der Waals surface area contributed by atoms with Crippen LogP contribution in [0.3, 0.4) is 0 Å². The van der Waals surface area contributed by atoms with Crippen LogP contribution in [0.2, 0.25) is 0 Å². The molecule has 0 saturated carbocycles. The van der Waals surface area contributed by atoms with Crippen molar-refractivity contribution in [2.75, 3.05) is 19.7 Å². The topological polar surface area (TPSA) is 98.7 Å². The first-order chi connectivity index (χ1) is 15.9. The summed E-state index contributed by atoms with van der Waals surface area (Å²) in [4.78, 5) is 42.3. The van der Waals surface area contributed by atoms with Crippen molar-refractivity contribution in [1.82, 2.24) is 15.5 Å². The number of nitrogens with one attached hydrogen (secondary N) is 2. The summed E-state index contributed by atoms with van der Waals surface area (Å²) in [7, 11) is 0. The first-order valence-electron chi connectivity index (χ1n) is 12.1. The number of aliphatic hydroxyl groups excluding tert-OH is 1. The first-order valence-corrected chi connectivity index (χ1v) is 12.9. The van der Waals surface area contributed by atoms with Gasteiger partial charge in [-0.15, -0.1) is 11.8 Å². The number of hydrogen-bond acceptors (Lipinski definition) is 5. The maximum Gasteiger partial charge on any atom is 0.244 e. The summed E-state index contributed by atoms with van der Waals surface area (Å²) in [6, 6.07) is 9.13. The van der Waals surface area contributed by atoms with Crippen LogP contribution in [0.4, 0.5) is 0 Å². The number of aliphatic hydroxyl groups is 1. The van der Waals surface area contributed by atoms with E-state index in [0.29, 0.717) is 32.5 Å². The van der Waals surface area contributed by atoms with Gasteiger partial charge in [-0.2, -0.15) is 0 Å². The highest BCUT2D eigenvalue weighted by atomic mass is 32.2. The van der Waals surface area contributed by atoms with Crippen LogP contribution < -0.4 is 10.6 Å². The van der Waals surface area contributed by atoms with Gasteiger partial charge in [0.25, 0.3) is 0 Å². The molecule has 3 N–H and O–H groups in total. The zero-order valence-electron chi connectivity index (χ0n) is 19.5. The van der Waals surface area contributed by atoms with E-state index in [2.05, 4.69) is 17.6 Å². The number of likely N-dealkylation sites (tertiary alicyclic amines) is 1. The molecule has 4 rings (SSSR count). The summed E-state index contributed by atoms with van der Waals surface area (Å²) < 4.78 is -0.923. The van der Waals surface area contributed by atoms with Crippen LogP contribution in [-0.4, -0.2) is 63.0 Å². The van der Waals surface area contributed by atoms with Crippen LogP contribution in [-0.2, 0) is 20.9 Å². The zero-order chi connectivity index (χ0) is 23.6. The molecular formula is C25H35N3O4S. The molecule has 33 heavy (non-hydrogen) atoms. The number of thioether (sulfide) groups is 1. The molecule has 3 aliphatic rings. The normalized spacial score (nSPS) is 32.2. The predicted octanol–water partition coefficient (Wildman–Crippen LogP) is 2.08. The Hall–Kier alpha value is -2.06. The molecule has 3 aliphatic heterocycles. The number of benzene rings is 1. The molecule has 3 fully saturated rings. The summed E-state index contributed by atoms with van der Waals surface area (Å²) in [6.45, 7) is 5.56. The lowest BCUT2D eigenvalue weighted by Gasteiger charge is -2.34. The SMILES string of the molecule is CCCNC(=O)[C@H]1[C@H]2C(=O)N(CCCCO)C(C(=O)NCc3ccccc3)C23CC[C@]1(C)S3. The fourth-order valence-corrected chi connectivity index (χ4v) is 8.36. The molecule has 3 saturated heterocycles. The Morgan fingerprint density at radius 2 is 1.91 bits per heavy atom. The van der Waals surface area contributed by atoms with E-state index in [1.807, 2.05) is 37.3 Å². The lowest BCUT2D eigenvalue weighted by atomic mass is 9.66. The van der Waals surface area contributed by atoms with Gasteiger partial charge in [-0.25, -0.2) is 0 Å². The average Bonchev–Trinajstić information content (AvgIpc) is 3.38. The number of nitrogens with zero attached hydrogens (tertiary/aromatic N) is 1. The highest BCUT2D eigenvalue weighted by molar-refractivity contribution is 8.02. The molecule has 8 heteroatoms. The van der Waals surface area contributed by atoms with Crippen molar-refractivity contribution in [2.45, 2.75) is 68.0 Å². The summed E-state index contributed by atoms with van der Waals surface area (Å²) >= 11 is 1.69. The second kappa shape index (κ2) is 9.66. The lowest BCUT2D eigenvalue weighted by molar-refractivity contribution is -0.140. The van der Waals surface area contributed by atoms with Crippen molar-refractivity contribution < 1.29 is 19.5 Å². The summed E-state index contributed by atoms with van der Waals surface area (Å²) in [5, 5.41) is 15.3. The molecule has 0 radical (unpaired) electrons. The van der Waals surface area contributed by atoms with E-state index < -0.39 is 22.6 Å². The van der Waals surface area contributed by atoms with E-state index in [9.17, 15) is 19.5 Å². The third kappa shape index (κ3) is 4.16. The van der Waals surface area contributed by atoms with Gasteiger partial charge < -0.3 is 20.6 Å². The van der Waals surface area contributed by atoms with Crippen molar-refractivity contribution >= 4 is 29.5 Å². The minimum absolute atomic E-state index is 0.0519. The van der Waals surface area contributed by atoms with Gasteiger partial charge in [0.2, 0.25) is 17.7 Å². The molecule has 2 unspecified atom stereocenters. The molecule has 0 aliphatic carbocycles. The third-order valence-electron chi connectivity index (χ3n) is 7.47. The van der Waals surface area contributed by atoms with E-state index in [1.165, 1.54) is 0 Å². The van der Waals surface area contributed by atoms with Gasteiger partial charge in [0, 0.05) is 31.0 Å². The summed E-state index contributed by atoms with van der Waals surface area (Å²) in [5.74, 6) is -1.21. The lowest BCUT2D eigenvalue weighted by Crippen LogP contribution is -2.53. The number of amides is 3. The molecule has 7 nitrogen and oxygen atoms in total. The van der Waals surface area contributed by atoms with Gasteiger partial charge in [0.15, 0.2) is 0 Å². The number of carbonyl (C=O) groups is 3. The summed E-state index contributed by atoms with van der Waals surface area (Å²) in [6.07, 6.45) is 3.61. The van der Waals surface area contributed by atoms with Crippen molar-refractivity contribution in [3.63, 3.8) is 0 Å². The molecule has 0 aromatic heterocycles. The van der Waals surface area contributed by atoms with E-state index in [1.54, 1.807) is 16.7 Å². The number of fused-ring (bicyclic) bond motifs is 1. The van der Waals surface area contributed by atoms with Gasteiger partial charge in [-0.3, -0.25) is 14.4 Å². The van der Waals surface area contributed by atoms with Crippen molar-refractivity contribution in [3.8, 4) is 0 Å². The average molecular weight is 474 g/mol. The van der Waals surface area contributed by atoms with Crippen molar-refractivity contribution in [3.05, 3.63) is 35.9 Å². The molecule has 3 amide bonds. The highest BCUT2D eigenvalue weighted by Crippen LogP contribution is 2.71. The third-order valence-corrected chi connectivity index (χ3v) is 9.46. The van der Waals surface area contributed by atoms with Gasteiger partial charge >= 0.3 is 0 Å². The standard InChI is InChI=1S/C25H35N3O4S/c1-3-13-26-21(30)18-19-23(32)28(14-7-8-15-29)20(25(19)12-11-24(18,2)33-25)22(31)27-16-17-9-5-4-6-10-17/h4-6,9-10,18-20,29H,3,7-8,11-16H2,1-2H3,(H,26,30)(H,27,31)/t18-,19+,20?,24+,25?/m1/s1. The van der Waals surface area contributed by atoms with Crippen molar-refractivity contribution in [2.24, 2.45) is 11.8 Å². The maximum absolute atomic E-state index is 13.8. The van der Waals surface area contributed by atoms with Gasteiger partial charge in [-0.1, -0.05) is 37.3 Å². The van der Waals surface area contributed by atoms with Crippen LogP contribution in [0, 0.1) is 11.8 Å². The Morgan fingerprint density at radius 3 is 2.61 bits per heavy atom. The molecule has 1 aromatic rings. The molecule has 1 spiro atoms. The highest BCUT2D eigenvalue weighted by Gasteiger charge is 2.76. The smallest absolute Gasteiger partial charge is 0.244 e. The molecule has 3 heterocycles.